The second-order valence-electron chi connectivity index (χ2n) is 7.33. The molecule has 2 heterocycles. The fraction of sp³-hybridized carbons (Fsp3) is 0.0385. The Kier molecular flexibility index (Phi) is 4.93. The van der Waals surface area contributed by atoms with Gasteiger partial charge in [-0.1, -0.05) is 71.7 Å². The quantitative estimate of drug-likeness (QED) is 0.238. The SMILES string of the molecule is C=CCn1cc(/C=C2\C(=O)N(c3c(Cl)cccc3Cl)c3ccccc32)c2ccccc21. The molecule has 1 aliphatic rings. The molecular weight excluding hydrogens is 427 g/mol. The summed E-state index contributed by atoms with van der Waals surface area (Å²) in [6.07, 6.45) is 5.87. The Balaban J connectivity index is 1.72. The van der Waals surface area contributed by atoms with E-state index in [1.807, 2.05) is 48.6 Å². The molecule has 0 bridgehead atoms. The number of para-hydroxylation sites is 3. The van der Waals surface area contributed by atoms with Crippen LogP contribution < -0.4 is 4.90 Å². The van der Waals surface area contributed by atoms with Crippen molar-refractivity contribution in [2.24, 2.45) is 0 Å². The normalized spacial score (nSPS) is 14.5. The van der Waals surface area contributed by atoms with Gasteiger partial charge in [-0.25, -0.2) is 0 Å². The average Bonchev–Trinajstić information content (AvgIpc) is 3.25. The summed E-state index contributed by atoms with van der Waals surface area (Å²) in [5.74, 6) is -0.156. The third-order valence-corrected chi connectivity index (χ3v) is 6.08. The second kappa shape index (κ2) is 7.77. The largest absolute Gasteiger partial charge is 0.343 e. The first-order valence-corrected chi connectivity index (χ1v) is 10.6. The highest BCUT2D eigenvalue weighted by Gasteiger charge is 2.35. The molecule has 31 heavy (non-hydrogen) atoms. The van der Waals surface area contributed by atoms with E-state index >= 15 is 0 Å². The summed E-state index contributed by atoms with van der Waals surface area (Å²) in [7, 11) is 0. The van der Waals surface area contributed by atoms with Gasteiger partial charge < -0.3 is 4.57 Å². The van der Waals surface area contributed by atoms with Crippen molar-refractivity contribution in [2.45, 2.75) is 6.54 Å². The molecule has 0 saturated carbocycles. The average molecular weight is 445 g/mol. The van der Waals surface area contributed by atoms with Crippen LogP contribution in [-0.2, 0) is 11.3 Å². The topological polar surface area (TPSA) is 25.2 Å². The number of rotatable bonds is 4. The molecule has 0 radical (unpaired) electrons. The summed E-state index contributed by atoms with van der Waals surface area (Å²) in [5.41, 5.74) is 4.79. The molecule has 0 N–H and O–H groups in total. The van der Waals surface area contributed by atoms with Crippen molar-refractivity contribution in [3.63, 3.8) is 0 Å². The summed E-state index contributed by atoms with van der Waals surface area (Å²) in [5, 5.41) is 1.94. The lowest BCUT2D eigenvalue weighted by molar-refractivity contribution is -0.112. The van der Waals surface area contributed by atoms with Crippen LogP contribution in [0.4, 0.5) is 11.4 Å². The van der Waals surface area contributed by atoms with Crippen molar-refractivity contribution in [1.82, 2.24) is 4.57 Å². The molecule has 3 aromatic carbocycles. The Morgan fingerprint density at radius 1 is 0.903 bits per heavy atom. The van der Waals surface area contributed by atoms with Gasteiger partial charge in [0.1, 0.15) is 0 Å². The van der Waals surface area contributed by atoms with E-state index in [9.17, 15) is 4.79 Å². The standard InChI is InChI=1S/C26H18Cl2N2O/c1-2-14-29-16-17(18-8-3-5-12-23(18)29)15-20-19-9-4-6-13-24(19)30(26(20)31)25-21(27)10-7-11-22(25)28/h2-13,15-16H,1,14H2/b20-15-. The number of halogens is 2. The van der Waals surface area contributed by atoms with Crippen LogP contribution in [0.2, 0.25) is 10.0 Å². The minimum Gasteiger partial charge on any atom is -0.343 e. The number of hydrogen-bond donors (Lipinski definition) is 0. The molecule has 0 atom stereocenters. The zero-order chi connectivity index (χ0) is 21.5. The number of benzene rings is 3. The minimum atomic E-state index is -0.156. The number of nitrogens with zero attached hydrogens (tertiary/aromatic N) is 2. The van der Waals surface area contributed by atoms with E-state index in [4.69, 9.17) is 23.2 Å². The summed E-state index contributed by atoms with van der Waals surface area (Å²) in [6, 6.07) is 21.1. The Morgan fingerprint density at radius 3 is 2.39 bits per heavy atom. The Morgan fingerprint density at radius 2 is 1.61 bits per heavy atom. The predicted octanol–water partition coefficient (Wildman–Crippen LogP) is 7.35. The zero-order valence-corrected chi connectivity index (χ0v) is 18.1. The first-order chi connectivity index (χ1) is 15.1. The van der Waals surface area contributed by atoms with Crippen molar-refractivity contribution in [2.75, 3.05) is 4.90 Å². The first kappa shape index (κ1) is 19.7. The van der Waals surface area contributed by atoms with Gasteiger partial charge in [-0.05, 0) is 30.3 Å². The molecule has 3 nitrogen and oxygen atoms in total. The van der Waals surface area contributed by atoms with E-state index in [2.05, 4.69) is 29.5 Å². The highest BCUT2D eigenvalue weighted by Crippen LogP contribution is 2.47. The third-order valence-electron chi connectivity index (χ3n) is 5.47. The molecule has 0 spiro atoms. The molecule has 1 amide bonds. The van der Waals surface area contributed by atoms with Gasteiger partial charge in [0, 0.05) is 34.8 Å². The molecular formula is C26H18Cl2N2O. The fourth-order valence-electron chi connectivity index (χ4n) is 4.14. The number of amides is 1. The van der Waals surface area contributed by atoms with Crippen LogP contribution in [0.15, 0.2) is 85.6 Å². The Labute approximate surface area is 190 Å². The highest BCUT2D eigenvalue weighted by molar-refractivity contribution is 6.45. The molecule has 1 aliphatic heterocycles. The maximum Gasteiger partial charge on any atom is 0.263 e. The molecule has 5 rings (SSSR count). The van der Waals surface area contributed by atoms with Gasteiger partial charge >= 0.3 is 0 Å². The number of fused-ring (bicyclic) bond motifs is 2. The highest BCUT2D eigenvalue weighted by atomic mass is 35.5. The van der Waals surface area contributed by atoms with Crippen molar-refractivity contribution in [3.05, 3.63) is 107 Å². The molecule has 4 aromatic rings. The van der Waals surface area contributed by atoms with Gasteiger partial charge in [-0.3, -0.25) is 9.69 Å². The van der Waals surface area contributed by atoms with Crippen LogP contribution in [-0.4, -0.2) is 10.5 Å². The van der Waals surface area contributed by atoms with E-state index in [1.54, 1.807) is 23.1 Å². The Hall–Kier alpha value is -3.27. The van der Waals surface area contributed by atoms with Gasteiger partial charge in [0.2, 0.25) is 0 Å². The fourth-order valence-corrected chi connectivity index (χ4v) is 4.71. The molecule has 152 valence electrons. The molecule has 0 unspecified atom stereocenters. The van der Waals surface area contributed by atoms with Crippen LogP contribution in [0, 0.1) is 0 Å². The van der Waals surface area contributed by atoms with E-state index in [0.717, 1.165) is 27.7 Å². The minimum absolute atomic E-state index is 0.156. The maximum absolute atomic E-state index is 13.7. The number of allylic oxidation sites excluding steroid dienone is 1. The van der Waals surface area contributed by atoms with E-state index in [1.165, 1.54) is 0 Å². The number of anilines is 2. The van der Waals surface area contributed by atoms with Crippen molar-refractivity contribution in [1.29, 1.82) is 0 Å². The molecule has 5 heteroatoms. The molecule has 0 aliphatic carbocycles. The van der Waals surface area contributed by atoms with E-state index in [-0.39, 0.29) is 5.91 Å². The second-order valence-corrected chi connectivity index (χ2v) is 8.14. The van der Waals surface area contributed by atoms with Gasteiger partial charge in [-0.15, -0.1) is 6.58 Å². The molecule has 0 saturated heterocycles. The van der Waals surface area contributed by atoms with Crippen LogP contribution in [0.3, 0.4) is 0 Å². The van der Waals surface area contributed by atoms with E-state index < -0.39 is 0 Å². The van der Waals surface area contributed by atoms with E-state index in [0.29, 0.717) is 27.9 Å². The van der Waals surface area contributed by atoms with Crippen molar-refractivity contribution < 1.29 is 4.79 Å². The number of hydrogen-bond acceptors (Lipinski definition) is 1. The lowest BCUT2D eigenvalue weighted by atomic mass is 10.0. The van der Waals surface area contributed by atoms with Crippen LogP contribution >= 0.6 is 23.2 Å². The monoisotopic (exact) mass is 444 g/mol. The summed E-state index contributed by atoms with van der Waals surface area (Å²) < 4.78 is 2.13. The Bertz CT molecular complexity index is 1360. The number of carbonyl (C=O) groups excluding carboxylic acids is 1. The van der Waals surface area contributed by atoms with Crippen LogP contribution in [0.5, 0.6) is 0 Å². The number of aromatic nitrogens is 1. The lowest BCUT2D eigenvalue weighted by Crippen LogP contribution is -2.21. The van der Waals surface area contributed by atoms with Gasteiger partial charge in [0.25, 0.3) is 5.91 Å². The summed E-state index contributed by atoms with van der Waals surface area (Å²) in [6.45, 7) is 4.55. The van der Waals surface area contributed by atoms with Crippen LogP contribution in [0.1, 0.15) is 11.1 Å². The zero-order valence-electron chi connectivity index (χ0n) is 16.6. The van der Waals surface area contributed by atoms with Gasteiger partial charge in [0.15, 0.2) is 0 Å². The first-order valence-electron chi connectivity index (χ1n) is 9.88. The van der Waals surface area contributed by atoms with Crippen molar-refractivity contribution >= 4 is 63.0 Å². The molecule has 1 aromatic heterocycles. The van der Waals surface area contributed by atoms with Crippen LogP contribution in [0.25, 0.3) is 22.6 Å². The summed E-state index contributed by atoms with van der Waals surface area (Å²) in [4.78, 5) is 15.3. The van der Waals surface area contributed by atoms with Gasteiger partial charge in [0.05, 0.1) is 27.0 Å². The van der Waals surface area contributed by atoms with Crippen molar-refractivity contribution in [3.8, 4) is 0 Å². The third kappa shape index (κ3) is 3.18. The number of carbonyl (C=O) groups is 1. The molecule has 0 fully saturated rings. The van der Waals surface area contributed by atoms with Gasteiger partial charge in [-0.2, -0.15) is 0 Å². The smallest absolute Gasteiger partial charge is 0.263 e. The lowest BCUT2D eigenvalue weighted by Gasteiger charge is -2.20. The predicted molar refractivity (Wildman–Crippen MR) is 130 cm³/mol. The maximum atomic E-state index is 13.7. The summed E-state index contributed by atoms with van der Waals surface area (Å²) >= 11 is 12.9.